The molecule has 0 aliphatic heterocycles. The molecule has 0 N–H and O–H groups in total. The number of nitrogens with zero attached hydrogens (tertiary/aromatic N) is 3. The maximum Gasteiger partial charge on any atom is 0.308 e. The number of rotatable bonds is 10. The van der Waals surface area contributed by atoms with Gasteiger partial charge in [0.1, 0.15) is 6.33 Å². The van der Waals surface area contributed by atoms with Crippen LogP contribution in [0.5, 0.6) is 0 Å². The standard InChI is InChI=1S/C16H27N3O4S/c1-7-16(3,4)15-14(9-10-23-12-11-22-8-2)19(13-17-15)24(20,21)18(5)6/h1,13H,8-12H2,2-6H3. The van der Waals surface area contributed by atoms with Crippen LogP contribution in [0.3, 0.4) is 0 Å². The van der Waals surface area contributed by atoms with Gasteiger partial charge in [-0.25, -0.2) is 8.96 Å². The first-order chi connectivity index (χ1) is 11.2. The van der Waals surface area contributed by atoms with Gasteiger partial charge < -0.3 is 9.47 Å². The van der Waals surface area contributed by atoms with Crippen LogP contribution in [0.15, 0.2) is 6.33 Å². The van der Waals surface area contributed by atoms with Gasteiger partial charge in [-0.15, -0.1) is 6.42 Å². The van der Waals surface area contributed by atoms with Crippen LogP contribution in [0.2, 0.25) is 0 Å². The highest BCUT2D eigenvalue weighted by Crippen LogP contribution is 2.26. The van der Waals surface area contributed by atoms with Crippen molar-refractivity contribution in [2.24, 2.45) is 0 Å². The Bertz CT molecular complexity index is 672. The summed E-state index contributed by atoms with van der Waals surface area (Å²) in [5.74, 6) is 2.67. The minimum absolute atomic E-state index is 0.357. The average Bonchev–Trinajstić information content (AvgIpc) is 2.96. The molecule has 1 heterocycles. The van der Waals surface area contributed by atoms with Crippen LogP contribution in [0.25, 0.3) is 0 Å². The molecule has 136 valence electrons. The Hall–Kier alpha value is -1.40. The van der Waals surface area contributed by atoms with Crippen molar-refractivity contribution in [2.75, 3.05) is 40.5 Å². The van der Waals surface area contributed by atoms with Gasteiger partial charge in [0.25, 0.3) is 0 Å². The summed E-state index contributed by atoms with van der Waals surface area (Å²) in [6.07, 6.45) is 7.28. The van der Waals surface area contributed by atoms with Gasteiger partial charge in [0.05, 0.1) is 36.6 Å². The summed E-state index contributed by atoms with van der Waals surface area (Å²) in [4.78, 5) is 4.27. The third-order valence-electron chi connectivity index (χ3n) is 3.55. The summed E-state index contributed by atoms with van der Waals surface area (Å²) in [5, 5.41) is 0. The molecule has 1 aromatic heterocycles. The van der Waals surface area contributed by atoms with E-state index in [0.717, 1.165) is 4.31 Å². The zero-order chi connectivity index (χ0) is 18.4. The highest BCUT2D eigenvalue weighted by atomic mass is 32.2. The first-order valence-corrected chi connectivity index (χ1v) is 9.21. The van der Waals surface area contributed by atoms with Gasteiger partial charge in [0.15, 0.2) is 0 Å². The normalized spacial score (nSPS) is 12.5. The number of imidazole rings is 1. The second-order valence-electron chi connectivity index (χ2n) is 5.95. The topological polar surface area (TPSA) is 73.7 Å². The van der Waals surface area contributed by atoms with E-state index in [9.17, 15) is 8.42 Å². The molecule has 0 saturated heterocycles. The van der Waals surface area contributed by atoms with Gasteiger partial charge >= 0.3 is 10.2 Å². The maximum atomic E-state index is 12.5. The second-order valence-corrected chi connectivity index (χ2v) is 7.97. The molecule has 0 fully saturated rings. The molecule has 0 spiro atoms. The van der Waals surface area contributed by atoms with E-state index < -0.39 is 15.6 Å². The molecule has 7 nitrogen and oxygen atoms in total. The van der Waals surface area contributed by atoms with Crippen LogP contribution >= 0.6 is 0 Å². The number of hydrogen-bond acceptors (Lipinski definition) is 5. The largest absolute Gasteiger partial charge is 0.379 e. The fourth-order valence-corrected chi connectivity index (χ4v) is 3.06. The zero-order valence-corrected chi connectivity index (χ0v) is 15.9. The molecule has 0 aliphatic rings. The van der Waals surface area contributed by atoms with Gasteiger partial charge in [-0.3, -0.25) is 0 Å². The molecule has 0 aromatic carbocycles. The summed E-state index contributed by atoms with van der Waals surface area (Å²) in [6.45, 7) is 7.54. The second kappa shape index (κ2) is 8.62. The lowest BCUT2D eigenvalue weighted by molar-refractivity contribution is 0.0537. The number of hydrogen-bond donors (Lipinski definition) is 0. The molecule has 1 aromatic rings. The highest BCUT2D eigenvalue weighted by Gasteiger charge is 2.30. The predicted octanol–water partition coefficient (Wildman–Crippen LogP) is 1.04. The number of terminal acetylenes is 1. The Labute approximate surface area is 145 Å². The first-order valence-electron chi connectivity index (χ1n) is 7.81. The van der Waals surface area contributed by atoms with Crippen molar-refractivity contribution < 1.29 is 17.9 Å². The van der Waals surface area contributed by atoms with Crippen molar-refractivity contribution in [2.45, 2.75) is 32.6 Å². The molecule has 0 radical (unpaired) electrons. The summed E-state index contributed by atoms with van der Waals surface area (Å²) >= 11 is 0. The molecule has 0 unspecified atom stereocenters. The van der Waals surface area contributed by atoms with Gasteiger partial charge in [0.2, 0.25) is 0 Å². The van der Waals surface area contributed by atoms with E-state index in [1.165, 1.54) is 24.4 Å². The van der Waals surface area contributed by atoms with Crippen LogP contribution in [-0.4, -0.2) is 62.2 Å². The molecule has 0 amide bonds. The molecule has 0 bridgehead atoms. The smallest absolute Gasteiger partial charge is 0.308 e. The van der Waals surface area contributed by atoms with Crippen molar-refractivity contribution in [1.82, 2.24) is 13.3 Å². The summed E-state index contributed by atoms with van der Waals surface area (Å²) in [6, 6.07) is 0. The van der Waals surface area contributed by atoms with Crippen molar-refractivity contribution >= 4 is 10.2 Å². The van der Waals surface area contributed by atoms with E-state index in [2.05, 4.69) is 10.9 Å². The molecule has 0 atom stereocenters. The minimum atomic E-state index is -3.67. The van der Waals surface area contributed by atoms with E-state index in [1.807, 2.05) is 20.8 Å². The van der Waals surface area contributed by atoms with Crippen molar-refractivity contribution in [1.29, 1.82) is 0 Å². The Balaban J connectivity index is 3.05. The Morgan fingerprint density at radius 3 is 2.46 bits per heavy atom. The minimum Gasteiger partial charge on any atom is -0.379 e. The van der Waals surface area contributed by atoms with Crippen LogP contribution in [0.4, 0.5) is 0 Å². The molecular weight excluding hydrogens is 330 g/mol. The molecule has 8 heteroatoms. The molecule has 0 aliphatic carbocycles. The Morgan fingerprint density at radius 1 is 1.29 bits per heavy atom. The van der Waals surface area contributed by atoms with E-state index in [-0.39, 0.29) is 0 Å². The van der Waals surface area contributed by atoms with Gasteiger partial charge in [-0.05, 0) is 20.8 Å². The summed E-state index contributed by atoms with van der Waals surface area (Å²) in [5.41, 5.74) is 0.445. The Morgan fingerprint density at radius 2 is 1.92 bits per heavy atom. The molecule has 24 heavy (non-hydrogen) atoms. The molecule has 0 saturated carbocycles. The lowest BCUT2D eigenvalue weighted by Crippen LogP contribution is -2.30. The van der Waals surface area contributed by atoms with Crippen molar-refractivity contribution in [3.05, 3.63) is 17.7 Å². The molecular formula is C16H27N3O4S. The van der Waals surface area contributed by atoms with Crippen molar-refractivity contribution in [3.63, 3.8) is 0 Å². The van der Waals surface area contributed by atoms with E-state index >= 15 is 0 Å². The van der Waals surface area contributed by atoms with E-state index in [1.54, 1.807) is 0 Å². The van der Waals surface area contributed by atoms with E-state index in [0.29, 0.717) is 44.2 Å². The number of ether oxygens (including phenoxy) is 2. The summed E-state index contributed by atoms with van der Waals surface area (Å²) in [7, 11) is -0.716. The fourth-order valence-electron chi connectivity index (χ4n) is 2.09. The molecule has 1 rings (SSSR count). The van der Waals surface area contributed by atoms with Gasteiger partial charge in [0, 0.05) is 27.1 Å². The maximum absolute atomic E-state index is 12.5. The third kappa shape index (κ3) is 4.80. The average molecular weight is 357 g/mol. The summed E-state index contributed by atoms with van der Waals surface area (Å²) < 4.78 is 38.0. The first kappa shape index (κ1) is 20.6. The number of aromatic nitrogens is 2. The Kier molecular flexibility index (Phi) is 7.42. The zero-order valence-electron chi connectivity index (χ0n) is 15.1. The van der Waals surface area contributed by atoms with E-state index in [4.69, 9.17) is 15.9 Å². The predicted molar refractivity (Wildman–Crippen MR) is 93.1 cm³/mol. The van der Waals surface area contributed by atoms with Crippen LogP contribution < -0.4 is 0 Å². The van der Waals surface area contributed by atoms with Gasteiger partial charge in [-0.2, -0.15) is 12.7 Å². The van der Waals surface area contributed by atoms with Crippen LogP contribution in [0.1, 0.15) is 32.2 Å². The van der Waals surface area contributed by atoms with Crippen molar-refractivity contribution in [3.8, 4) is 12.3 Å². The monoisotopic (exact) mass is 357 g/mol. The SMILES string of the molecule is C#CC(C)(C)c1ncn(S(=O)(=O)N(C)C)c1CCOCCOCC. The van der Waals surface area contributed by atoms with Gasteiger partial charge in [-0.1, -0.05) is 5.92 Å². The highest BCUT2D eigenvalue weighted by molar-refractivity contribution is 7.87. The fraction of sp³-hybridized carbons (Fsp3) is 0.688. The quantitative estimate of drug-likeness (QED) is 0.462. The lowest BCUT2D eigenvalue weighted by Gasteiger charge is -2.20. The lowest BCUT2D eigenvalue weighted by atomic mass is 9.88. The third-order valence-corrected chi connectivity index (χ3v) is 5.29. The van der Waals surface area contributed by atoms with Crippen LogP contribution in [-0.2, 0) is 31.5 Å². The van der Waals surface area contributed by atoms with Crippen LogP contribution in [0, 0.1) is 12.3 Å².